The Morgan fingerprint density at radius 1 is 1.50 bits per heavy atom. The Labute approximate surface area is 91.4 Å². The van der Waals surface area contributed by atoms with E-state index in [0.29, 0.717) is 0 Å². The fourth-order valence-corrected chi connectivity index (χ4v) is 3.01. The quantitative estimate of drug-likeness (QED) is 0.673. The van der Waals surface area contributed by atoms with Crippen molar-refractivity contribution in [3.8, 4) is 0 Å². The van der Waals surface area contributed by atoms with E-state index in [-0.39, 0.29) is 26.0 Å². The highest BCUT2D eigenvalue weighted by Gasteiger charge is 2.43. The van der Waals surface area contributed by atoms with E-state index >= 15 is 0 Å². The lowest BCUT2D eigenvalue weighted by molar-refractivity contribution is -0.137. The molecule has 2 atom stereocenters. The first kappa shape index (κ1) is 13.8. The Morgan fingerprint density at radius 3 is 2.50 bits per heavy atom. The third-order valence-electron chi connectivity index (χ3n) is 2.22. The second-order valence-corrected chi connectivity index (χ2v) is 5.60. The average Bonchev–Trinajstić information content (AvgIpc) is 2.31. The zero-order valence-electron chi connectivity index (χ0n) is 8.32. The minimum Gasteiger partial charge on any atom is -0.464 e. The molecule has 1 rings (SSSR count). The third kappa shape index (κ3) is 2.88. The molecule has 84 valence electrons. The molecule has 0 spiro atoms. The number of esters is 1. The lowest BCUT2D eigenvalue weighted by atomic mass is 10.0. The number of rotatable bonds is 3. The molecule has 1 aliphatic rings. The van der Waals surface area contributed by atoms with Crippen LogP contribution in [0.5, 0.6) is 0 Å². The maximum absolute atomic E-state index is 11.2. The van der Waals surface area contributed by atoms with Gasteiger partial charge in [-0.1, -0.05) is 13.3 Å². The molecule has 1 aliphatic heterocycles. The van der Waals surface area contributed by atoms with Gasteiger partial charge in [0.25, 0.3) is 0 Å². The summed E-state index contributed by atoms with van der Waals surface area (Å²) in [6, 6.07) is 0. The van der Waals surface area contributed by atoms with Crippen LogP contribution in [0.4, 0.5) is 0 Å². The first-order chi connectivity index (χ1) is 5.96. The molecule has 1 fully saturated rings. The van der Waals surface area contributed by atoms with Crippen LogP contribution in [0.2, 0.25) is 0 Å². The average molecular weight is 240 g/mol. The molecule has 0 N–H and O–H groups in total. The summed E-state index contributed by atoms with van der Waals surface area (Å²) in [7, 11) is -3.30. The molecule has 1 heterocycles. The Morgan fingerprint density at radius 2 is 2.07 bits per heavy atom. The van der Waals surface area contributed by atoms with E-state index in [1.807, 2.05) is 6.92 Å². The summed E-state index contributed by atoms with van der Waals surface area (Å²) in [5.41, 5.74) is 0. The lowest BCUT2D eigenvalue weighted by Gasteiger charge is -2.11. The van der Waals surface area contributed by atoms with E-state index in [0.717, 1.165) is 19.1 Å². The van der Waals surface area contributed by atoms with Crippen LogP contribution in [0.1, 0.15) is 19.8 Å². The van der Waals surface area contributed by atoms with Gasteiger partial charge in [0.1, 0.15) is 0 Å². The van der Waals surface area contributed by atoms with Crippen LogP contribution in [0.3, 0.4) is 0 Å². The van der Waals surface area contributed by atoms with Gasteiger partial charge in [-0.2, -0.15) is 13.5 Å². The van der Waals surface area contributed by atoms with Crippen LogP contribution in [0.25, 0.3) is 0 Å². The summed E-state index contributed by atoms with van der Waals surface area (Å²) in [5, 5.41) is -0.924. The highest BCUT2D eigenvalue weighted by Crippen LogP contribution is 2.25. The van der Waals surface area contributed by atoms with Crippen molar-refractivity contribution in [3.63, 3.8) is 0 Å². The second kappa shape index (κ2) is 5.02. The standard InChI is InChI=1S/C8H14O4S.H2S/c1-3-4-6-5-12-8(9)7(6)13(2,10)11;/h6-7H,3-5H2,1-2H3;1H2/t6-,7?;/m0./s1. The van der Waals surface area contributed by atoms with E-state index in [9.17, 15) is 13.2 Å². The van der Waals surface area contributed by atoms with Crippen molar-refractivity contribution < 1.29 is 17.9 Å². The van der Waals surface area contributed by atoms with Gasteiger partial charge < -0.3 is 4.74 Å². The van der Waals surface area contributed by atoms with Crippen LogP contribution in [0, 0.1) is 5.92 Å². The van der Waals surface area contributed by atoms with Crippen molar-refractivity contribution in [3.05, 3.63) is 0 Å². The lowest BCUT2D eigenvalue weighted by Crippen LogP contribution is -2.31. The third-order valence-corrected chi connectivity index (χ3v) is 3.72. The first-order valence-corrected chi connectivity index (χ1v) is 6.27. The number of carbonyl (C=O) groups excluding carboxylic acids is 1. The van der Waals surface area contributed by atoms with E-state index in [4.69, 9.17) is 4.74 Å². The Kier molecular flexibility index (Phi) is 4.94. The smallest absolute Gasteiger partial charge is 0.324 e. The van der Waals surface area contributed by atoms with Gasteiger partial charge in [0.2, 0.25) is 0 Å². The van der Waals surface area contributed by atoms with Gasteiger partial charge >= 0.3 is 5.97 Å². The van der Waals surface area contributed by atoms with Crippen LogP contribution < -0.4 is 0 Å². The van der Waals surface area contributed by atoms with E-state index in [2.05, 4.69) is 0 Å². The van der Waals surface area contributed by atoms with Crippen molar-refractivity contribution in [2.75, 3.05) is 12.9 Å². The molecule has 1 saturated heterocycles. The number of sulfone groups is 1. The van der Waals surface area contributed by atoms with E-state index in [1.165, 1.54) is 0 Å². The minimum absolute atomic E-state index is 0. The molecule has 4 nitrogen and oxygen atoms in total. The molecule has 0 aliphatic carbocycles. The van der Waals surface area contributed by atoms with Crippen molar-refractivity contribution >= 4 is 29.3 Å². The van der Waals surface area contributed by atoms with E-state index in [1.54, 1.807) is 0 Å². The van der Waals surface area contributed by atoms with Crippen molar-refractivity contribution in [2.45, 2.75) is 25.0 Å². The molecule has 14 heavy (non-hydrogen) atoms. The fourth-order valence-electron chi connectivity index (χ4n) is 1.68. The monoisotopic (exact) mass is 240 g/mol. The summed E-state index contributed by atoms with van der Waals surface area (Å²) in [5.74, 6) is -0.728. The molecule has 0 bridgehead atoms. The van der Waals surface area contributed by atoms with Gasteiger partial charge in [-0.15, -0.1) is 0 Å². The molecule has 1 unspecified atom stereocenters. The van der Waals surface area contributed by atoms with Gasteiger partial charge in [0.05, 0.1) is 6.61 Å². The predicted molar refractivity (Wildman–Crippen MR) is 58.4 cm³/mol. The summed E-state index contributed by atoms with van der Waals surface area (Å²) in [6.07, 6.45) is 2.68. The first-order valence-electron chi connectivity index (χ1n) is 4.32. The summed E-state index contributed by atoms with van der Waals surface area (Å²) < 4.78 is 27.2. The molecular formula is C8H16O4S2. The highest BCUT2D eigenvalue weighted by molar-refractivity contribution is 7.92. The molecule has 0 aromatic carbocycles. The number of carbonyl (C=O) groups is 1. The van der Waals surface area contributed by atoms with Gasteiger partial charge in [-0.05, 0) is 6.42 Å². The fraction of sp³-hybridized carbons (Fsp3) is 0.875. The molecule has 0 aromatic heterocycles. The van der Waals surface area contributed by atoms with Gasteiger partial charge in [-0.25, -0.2) is 8.42 Å². The second-order valence-electron chi connectivity index (χ2n) is 3.43. The zero-order chi connectivity index (χ0) is 10.1. The topological polar surface area (TPSA) is 60.4 Å². The Bertz CT molecular complexity index is 296. The largest absolute Gasteiger partial charge is 0.464 e. The predicted octanol–water partition coefficient (Wildman–Crippen LogP) is 0.486. The molecular weight excluding hydrogens is 224 g/mol. The van der Waals surface area contributed by atoms with Crippen LogP contribution in [0.15, 0.2) is 0 Å². The highest BCUT2D eigenvalue weighted by atomic mass is 32.2. The summed E-state index contributed by atoms with van der Waals surface area (Å²) in [6.45, 7) is 2.21. The van der Waals surface area contributed by atoms with Crippen molar-refractivity contribution in [2.24, 2.45) is 5.92 Å². The van der Waals surface area contributed by atoms with Crippen molar-refractivity contribution in [1.82, 2.24) is 0 Å². The van der Waals surface area contributed by atoms with Gasteiger partial charge in [-0.3, -0.25) is 4.79 Å². The molecule has 0 saturated carbocycles. The SMILES string of the molecule is CCC[C@H]1COC(=O)C1S(C)(=O)=O.S. The van der Waals surface area contributed by atoms with Crippen LogP contribution in [-0.2, 0) is 19.4 Å². The summed E-state index contributed by atoms with van der Waals surface area (Å²) in [4.78, 5) is 11.1. The maximum Gasteiger partial charge on any atom is 0.324 e. The molecule has 0 aromatic rings. The Balaban J connectivity index is 0.00000169. The minimum atomic E-state index is -3.30. The van der Waals surface area contributed by atoms with Crippen LogP contribution >= 0.6 is 13.5 Å². The van der Waals surface area contributed by atoms with Crippen molar-refractivity contribution in [1.29, 1.82) is 0 Å². The van der Waals surface area contributed by atoms with Gasteiger partial charge in [0, 0.05) is 12.2 Å². The number of cyclic esters (lactones) is 1. The summed E-state index contributed by atoms with van der Waals surface area (Å²) >= 11 is 0. The molecule has 0 amide bonds. The van der Waals surface area contributed by atoms with E-state index < -0.39 is 21.1 Å². The number of hydrogen-bond acceptors (Lipinski definition) is 4. The zero-order valence-corrected chi connectivity index (χ0v) is 10.1. The van der Waals surface area contributed by atoms with Crippen LogP contribution in [-0.4, -0.2) is 32.5 Å². The molecule has 6 heteroatoms. The number of ether oxygens (including phenoxy) is 1. The normalized spacial score (nSPS) is 26.9. The maximum atomic E-state index is 11.2. The number of hydrogen-bond donors (Lipinski definition) is 0. The Hall–Kier alpha value is -0.230. The molecule has 0 radical (unpaired) electrons. The van der Waals surface area contributed by atoms with Gasteiger partial charge in [0.15, 0.2) is 15.1 Å².